The van der Waals surface area contributed by atoms with Crippen LogP contribution in [-0.4, -0.2) is 20.1 Å². The van der Waals surface area contributed by atoms with Crippen molar-refractivity contribution < 1.29 is 13.9 Å². The Labute approximate surface area is 155 Å². The van der Waals surface area contributed by atoms with E-state index >= 15 is 0 Å². The maximum atomic E-state index is 14.5. The summed E-state index contributed by atoms with van der Waals surface area (Å²) in [5.41, 5.74) is -0.213. The van der Waals surface area contributed by atoms with Gasteiger partial charge in [0, 0.05) is 17.8 Å². The first-order valence-electron chi connectivity index (χ1n) is 8.43. The molecule has 2 aromatic carbocycles. The first-order chi connectivity index (χ1) is 12.9. The number of hydrogen-bond acceptors (Lipinski definition) is 4. The van der Waals surface area contributed by atoms with Crippen molar-refractivity contribution >= 4 is 0 Å². The van der Waals surface area contributed by atoms with E-state index < -0.39 is 23.2 Å². The number of aliphatic hydroxyl groups is 1. The zero-order valence-electron chi connectivity index (χ0n) is 14.7. The van der Waals surface area contributed by atoms with Gasteiger partial charge in [-0.15, -0.1) is 5.10 Å². The van der Waals surface area contributed by atoms with E-state index in [4.69, 9.17) is 5.26 Å². The molecule has 0 amide bonds. The molecule has 7 heteroatoms. The third-order valence-electron chi connectivity index (χ3n) is 4.71. The van der Waals surface area contributed by atoms with E-state index in [0.717, 1.165) is 17.7 Å². The van der Waals surface area contributed by atoms with E-state index in [1.165, 1.54) is 16.9 Å². The quantitative estimate of drug-likeness (QED) is 0.725. The molecule has 0 saturated heterocycles. The van der Waals surface area contributed by atoms with E-state index in [0.29, 0.717) is 12.0 Å². The van der Waals surface area contributed by atoms with E-state index in [9.17, 15) is 13.9 Å². The van der Waals surface area contributed by atoms with E-state index in [2.05, 4.69) is 16.4 Å². The van der Waals surface area contributed by atoms with Crippen LogP contribution in [0, 0.1) is 28.9 Å². The zero-order chi connectivity index (χ0) is 19.4. The minimum absolute atomic E-state index is 0.000505. The number of halogens is 2. The Morgan fingerprint density at radius 2 is 1.96 bits per heavy atom. The highest BCUT2D eigenvalue weighted by Crippen LogP contribution is 2.35. The third-order valence-corrected chi connectivity index (χ3v) is 4.71. The SMILES string of the molecule is CC(Cc1ccc(C#N)cc1)C(O)(Cn1ccnn1)c1ccc(F)cc1F. The molecule has 2 unspecified atom stereocenters. The molecule has 3 rings (SSSR count). The maximum Gasteiger partial charge on any atom is 0.132 e. The Hall–Kier alpha value is -3.11. The van der Waals surface area contributed by atoms with Crippen LogP contribution in [0.1, 0.15) is 23.6 Å². The Kier molecular flexibility index (Phi) is 5.28. The highest BCUT2D eigenvalue weighted by Gasteiger charge is 2.39. The Morgan fingerprint density at radius 3 is 2.56 bits per heavy atom. The van der Waals surface area contributed by atoms with Crippen molar-refractivity contribution in [1.29, 1.82) is 5.26 Å². The predicted molar refractivity (Wildman–Crippen MR) is 94.3 cm³/mol. The van der Waals surface area contributed by atoms with Crippen molar-refractivity contribution in [3.63, 3.8) is 0 Å². The number of aromatic nitrogens is 3. The van der Waals surface area contributed by atoms with Gasteiger partial charge >= 0.3 is 0 Å². The molecule has 0 aliphatic carbocycles. The molecule has 1 aromatic heterocycles. The first-order valence-corrected chi connectivity index (χ1v) is 8.43. The lowest BCUT2D eigenvalue weighted by Gasteiger charge is -2.35. The van der Waals surface area contributed by atoms with Gasteiger partial charge in [0.1, 0.15) is 17.2 Å². The molecule has 5 nitrogen and oxygen atoms in total. The molecule has 0 bridgehead atoms. The average molecular weight is 368 g/mol. The normalized spacial score (nSPS) is 14.3. The van der Waals surface area contributed by atoms with E-state index in [1.807, 2.05) is 0 Å². The van der Waals surface area contributed by atoms with Gasteiger partial charge in [0.25, 0.3) is 0 Å². The molecular weight excluding hydrogens is 350 g/mol. The van der Waals surface area contributed by atoms with Crippen molar-refractivity contribution in [2.75, 3.05) is 0 Å². The lowest BCUT2D eigenvalue weighted by atomic mass is 9.78. The van der Waals surface area contributed by atoms with Gasteiger partial charge in [0.2, 0.25) is 0 Å². The summed E-state index contributed by atoms with van der Waals surface area (Å²) in [5.74, 6) is -1.96. The van der Waals surface area contributed by atoms with Gasteiger partial charge < -0.3 is 5.11 Å². The summed E-state index contributed by atoms with van der Waals surface area (Å²) in [5, 5.41) is 27.9. The van der Waals surface area contributed by atoms with Crippen molar-refractivity contribution in [3.8, 4) is 6.07 Å². The molecule has 0 aliphatic rings. The second-order valence-electron chi connectivity index (χ2n) is 6.56. The van der Waals surface area contributed by atoms with Gasteiger partial charge in [0.05, 0.1) is 24.4 Å². The molecule has 2 atom stereocenters. The van der Waals surface area contributed by atoms with Crippen molar-refractivity contribution in [3.05, 3.63) is 83.2 Å². The van der Waals surface area contributed by atoms with Crippen LogP contribution in [-0.2, 0) is 18.6 Å². The minimum Gasteiger partial charge on any atom is -0.383 e. The summed E-state index contributed by atoms with van der Waals surface area (Å²) in [4.78, 5) is 0. The van der Waals surface area contributed by atoms with E-state index in [1.54, 1.807) is 37.4 Å². The first kappa shape index (κ1) is 18.7. The second kappa shape index (κ2) is 7.64. The molecule has 1 heterocycles. The van der Waals surface area contributed by atoms with Crippen LogP contribution in [0.15, 0.2) is 54.9 Å². The molecule has 138 valence electrons. The summed E-state index contributed by atoms with van der Waals surface area (Å²) in [6.45, 7) is 1.75. The highest BCUT2D eigenvalue weighted by atomic mass is 19.1. The van der Waals surface area contributed by atoms with Gasteiger partial charge in [-0.25, -0.2) is 13.5 Å². The maximum absolute atomic E-state index is 14.5. The fourth-order valence-corrected chi connectivity index (χ4v) is 3.15. The van der Waals surface area contributed by atoms with Crippen LogP contribution in [0.5, 0.6) is 0 Å². The summed E-state index contributed by atoms with van der Waals surface area (Å²) >= 11 is 0. The lowest BCUT2D eigenvalue weighted by Crippen LogP contribution is -2.40. The fraction of sp³-hybridized carbons (Fsp3) is 0.250. The lowest BCUT2D eigenvalue weighted by molar-refractivity contribution is -0.0392. The summed E-state index contributed by atoms with van der Waals surface area (Å²) in [6, 6.07) is 12.2. The number of rotatable bonds is 6. The van der Waals surface area contributed by atoms with Gasteiger partial charge in [0.15, 0.2) is 0 Å². The minimum atomic E-state index is -1.64. The summed E-state index contributed by atoms with van der Waals surface area (Å²) < 4.78 is 29.3. The molecule has 0 aliphatic heterocycles. The van der Waals surface area contributed by atoms with Gasteiger partial charge in [-0.2, -0.15) is 5.26 Å². The highest BCUT2D eigenvalue weighted by molar-refractivity contribution is 5.32. The number of hydrogen-bond donors (Lipinski definition) is 1. The molecule has 0 spiro atoms. The largest absolute Gasteiger partial charge is 0.383 e. The Balaban J connectivity index is 1.96. The number of nitriles is 1. The van der Waals surface area contributed by atoms with Crippen molar-refractivity contribution in [1.82, 2.24) is 15.0 Å². The van der Waals surface area contributed by atoms with Crippen LogP contribution in [0.4, 0.5) is 8.78 Å². The van der Waals surface area contributed by atoms with Crippen LogP contribution in [0.3, 0.4) is 0 Å². The monoisotopic (exact) mass is 368 g/mol. The topological polar surface area (TPSA) is 74.7 Å². The van der Waals surface area contributed by atoms with Crippen LogP contribution < -0.4 is 0 Å². The van der Waals surface area contributed by atoms with Crippen LogP contribution in [0.25, 0.3) is 0 Å². The third kappa shape index (κ3) is 4.01. The molecule has 0 radical (unpaired) electrons. The van der Waals surface area contributed by atoms with E-state index in [-0.39, 0.29) is 12.1 Å². The summed E-state index contributed by atoms with van der Waals surface area (Å²) in [6.07, 6.45) is 3.46. The van der Waals surface area contributed by atoms with Crippen LogP contribution >= 0.6 is 0 Å². The molecular formula is C20H18F2N4O. The smallest absolute Gasteiger partial charge is 0.132 e. The van der Waals surface area contributed by atoms with Gasteiger partial charge in [-0.05, 0) is 36.1 Å². The molecule has 0 saturated carbocycles. The number of nitrogens with zero attached hydrogens (tertiary/aromatic N) is 4. The second-order valence-corrected chi connectivity index (χ2v) is 6.56. The zero-order valence-corrected chi connectivity index (χ0v) is 14.7. The molecule has 1 N–H and O–H groups in total. The Bertz CT molecular complexity index is 951. The Morgan fingerprint density at radius 1 is 1.22 bits per heavy atom. The predicted octanol–water partition coefficient (Wildman–Crippen LogP) is 3.19. The van der Waals surface area contributed by atoms with Gasteiger partial charge in [-0.1, -0.05) is 30.3 Å². The van der Waals surface area contributed by atoms with Gasteiger partial charge in [-0.3, -0.25) is 0 Å². The number of benzene rings is 2. The molecule has 3 aromatic rings. The standard InChI is InChI=1S/C20H18F2N4O/c1-14(10-15-2-4-16(12-23)5-3-15)20(27,13-26-9-8-24-25-26)18-7-6-17(21)11-19(18)22/h2-9,11,14,27H,10,13H2,1H3. The summed E-state index contributed by atoms with van der Waals surface area (Å²) in [7, 11) is 0. The molecule has 0 fully saturated rings. The average Bonchev–Trinajstić information content (AvgIpc) is 3.15. The van der Waals surface area contributed by atoms with Crippen molar-refractivity contribution in [2.24, 2.45) is 5.92 Å². The van der Waals surface area contributed by atoms with Crippen LogP contribution in [0.2, 0.25) is 0 Å². The molecule has 27 heavy (non-hydrogen) atoms. The fourth-order valence-electron chi connectivity index (χ4n) is 3.15. The van der Waals surface area contributed by atoms with Crippen molar-refractivity contribution in [2.45, 2.75) is 25.5 Å².